The van der Waals surface area contributed by atoms with Crippen LogP contribution >= 0.6 is 0 Å². The van der Waals surface area contributed by atoms with Gasteiger partial charge >= 0.3 is 0 Å². The minimum atomic E-state index is -0.446. The van der Waals surface area contributed by atoms with E-state index in [1.54, 1.807) is 0 Å². The second-order valence-corrected chi connectivity index (χ2v) is 3.39. The molecule has 0 bridgehead atoms. The van der Waals surface area contributed by atoms with Crippen LogP contribution in [0.3, 0.4) is 0 Å². The van der Waals surface area contributed by atoms with Crippen molar-refractivity contribution in [1.29, 1.82) is 0 Å². The predicted molar refractivity (Wildman–Crippen MR) is 38.6 cm³/mol. The third-order valence-electron chi connectivity index (χ3n) is 2.47. The van der Waals surface area contributed by atoms with Crippen molar-refractivity contribution >= 4 is 6.29 Å². The summed E-state index contributed by atoms with van der Waals surface area (Å²) < 4.78 is 0. The largest absolute Gasteiger partial charge is 0.392 e. The first-order chi connectivity index (χ1) is 4.69. The molecule has 0 spiro atoms. The summed E-state index contributed by atoms with van der Waals surface area (Å²) in [6, 6.07) is 0. The fourth-order valence-corrected chi connectivity index (χ4v) is 1.48. The van der Waals surface area contributed by atoms with E-state index in [2.05, 4.69) is 0 Å². The van der Waals surface area contributed by atoms with E-state index in [1.807, 2.05) is 6.92 Å². The average molecular weight is 142 g/mol. The molecule has 1 saturated carbocycles. The van der Waals surface area contributed by atoms with Crippen molar-refractivity contribution in [3.63, 3.8) is 0 Å². The molecule has 0 amide bonds. The van der Waals surface area contributed by atoms with Crippen molar-refractivity contribution in [3.8, 4) is 0 Å². The maximum Gasteiger partial charge on any atom is 0.128 e. The summed E-state index contributed by atoms with van der Waals surface area (Å²) in [6.45, 7) is 1.84. The molecule has 2 unspecified atom stereocenters. The van der Waals surface area contributed by atoms with E-state index in [9.17, 15) is 9.90 Å². The Hall–Kier alpha value is -0.370. The number of aliphatic hydroxyl groups is 1. The standard InChI is InChI=1S/C8H14O2/c1-8(6-9)5-3-2-4-7(8)10/h6-7,10H,2-5H2,1H3. The quantitative estimate of drug-likeness (QED) is 0.557. The molecule has 0 heterocycles. The van der Waals surface area contributed by atoms with Crippen molar-refractivity contribution in [3.05, 3.63) is 0 Å². The van der Waals surface area contributed by atoms with Gasteiger partial charge in [0.2, 0.25) is 0 Å². The van der Waals surface area contributed by atoms with Crippen LogP contribution in [0.15, 0.2) is 0 Å². The van der Waals surface area contributed by atoms with Gasteiger partial charge < -0.3 is 9.90 Å². The van der Waals surface area contributed by atoms with Crippen molar-refractivity contribution < 1.29 is 9.90 Å². The van der Waals surface area contributed by atoms with E-state index in [1.165, 1.54) is 0 Å². The number of aldehydes is 1. The molecule has 0 aliphatic heterocycles. The number of carbonyl (C=O) groups is 1. The zero-order valence-electron chi connectivity index (χ0n) is 6.34. The topological polar surface area (TPSA) is 37.3 Å². The fraction of sp³-hybridized carbons (Fsp3) is 0.875. The molecule has 0 saturated heterocycles. The van der Waals surface area contributed by atoms with Crippen LogP contribution in [-0.4, -0.2) is 17.5 Å². The lowest BCUT2D eigenvalue weighted by atomic mass is 9.75. The lowest BCUT2D eigenvalue weighted by Crippen LogP contribution is -2.36. The molecular formula is C8H14O2. The van der Waals surface area contributed by atoms with E-state index in [-0.39, 0.29) is 0 Å². The summed E-state index contributed by atoms with van der Waals surface area (Å²) in [5.74, 6) is 0. The molecule has 0 aromatic heterocycles. The molecule has 0 aromatic carbocycles. The maximum absolute atomic E-state index is 10.5. The first kappa shape index (κ1) is 7.73. The van der Waals surface area contributed by atoms with Crippen LogP contribution in [0.5, 0.6) is 0 Å². The van der Waals surface area contributed by atoms with Crippen LogP contribution < -0.4 is 0 Å². The summed E-state index contributed by atoms with van der Waals surface area (Å²) in [5, 5.41) is 9.40. The van der Waals surface area contributed by atoms with Crippen molar-refractivity contribution in [1.82, 2.24) is 0 Å². The molecule has 1 aliphatic carbocycles. The van der Waals surface area contributed by atoms with Crippen molar-refractivity contribution in [2.75, 3.05) is 0 Å². The molecule has 2 atom stereocenters. The number of rotatable bonds is 1. The maximum atomic E-state index is 10.5. The second kappa shape index (κ2) is 2.70. The lowest BCUT2D eigenvalue weighted by Gasteiger charge is -2.33. The van der Waals surface area contributed by atoms with E-state index in [0.717, 1.165) is 32.0 Å². The predicted octanol–water partition coefficient (Wildman–Crippen LogP) is 1.13. The van der Waals surface area contributed by atoms with Gasteiger partial charge in [-0.3, -0.25) is 0 Å². The molecule has 1 N–H and O–H groups in total. The van der Waals surface area contributed by atoms with Crippen LogP contribution in [0.2, 0.25) is 0 Å². The highest BCUT2D eigenvalue weighted by molar-refractivity contribution is 5.59. The molecule has 10 heavy (non-hydrogen) atoms. The summed E-state index contributed by atoms with van der Waals surface area (Å²) in [4.78, 5) is 10.5. The van der Waals surface area contributed by atoms with Gasteiger partial charge in [-0.15, -0.1) is 0 Å². The molecule has 1 rings (SSSR count). The number of hydrogen-bond acceptors (Lipinski definition) is 2. The van der Waals surface area contributed by atoms with Gasteiger partial charge in [0.05, 0.1) is 6.10 Å². The van der Waals surface area contributed by atoms with Crippen LogP contribution in [0.25, 0.3) is 0 Å². The summed E-state index contributed by atoms with van der Waals surface area (Å²) in [6.07, 6.45) is 4.26. The molecule has 1 aliphatic rings. The molecule has 2 heteroatoms. The van der Waals surface area contributed by atoms with Gasteiger partial charge in [-0.05, 0) is 12.8 Å². The van der Waals surface area contributed by atoms with Gasteiger partial charge in [0.15, 0.2) is 0 Å². The van der Waals surface area contributed by atoms with E-state index in [4.69, 9.17) is 0 Å². The minimum absolute atomic E-state index is 0.404. The summed E-state index contributed by atoms with van der Waals surface area (Å²) in [7, 11) is 0. The zero-order valence-corrected chi connectivity index (χ0v) is 6.34. The van der Waals surface area contributed by atoms with E-state index < -0.39 is 11.5 Å². The highest BCUT2D eigenvalue weighted by Gasteiger charge is 2.34. The Morgan fingerprint density at radius 1 is 1.60 bits per heavy atom. The molecule has 58 valence electrons. The highest BCUT2D eigenvalue weighted by atomic mass is 16.3. The SMILES string of the molecule is CC1(C=O)CCCCC1O. The monoisotopic (exact) mass is 142 g/mol. The number of aliphatic hydroxyl groups excluding tert-OH is 1. The Kier molecular flexibility index (Phi) is 2.09. The fourth-order valence-electron chi connectivity index (χ4n) is 1.48. The zero-order chi connectivity index (χ0) is 7.61. The van der Waals surface area contributed by atoms with Crippen molar-refractivity contribution in [2.45, 2.75) is 38.7 Å². The van der Waals surface area contributed by atoms with Gasteiger partial charge in [0.1, 0.15) is 6.29 Å². The number of carbonyl (C=O) groups excluding carboxylic acids is 1. The molecular weight excluding hydrogens is 128 g/mol. The van der Waals surface area contributed by atoms with E-state index in [0.29, 0.717) is 0 Å². The lowest BCUT2D eigenvalue weighted by molar-refractivity contribution is -0.124. The van der Waals surface area contributed by atoms with Gasteiger partial charge in [-0.25, -0.2) is 0 Å². The molecule has 0 aromatic rings. The summed E-state index contributed by atoms with van der Waals surface area (Å²) >= 11 is 0. The minimum Gasteiger partial charge on any atom is -0.392 e. The normalized spacial score (nSPS) is 41.2. The van der Waals surface area contributed by atoms with Crippen LogP contribution in [0.1, 0.15) is 32.6 Å². The molecule has 0 radical (unpaired) electrons. The van der Waals surface area contributed by atoms with Crippen LogP contribution in [0.4, 0.5) is 0 Å². The second-order valence-electron chi connectivity index (χ2n) is 3.39. The van der Waals surface area contributed by atoms with Gasteiger partial charge in [-0.1, -0.05) is 19.8 Å². The van der Waals surface area contributed by atoms with Crippen LogP contribution in [0, 0.1) is 5.41 Å². The first-order valence-corrected chi connectivity index (χ1v) is 3.83. The third kappa shape index (κ3) is 1.21. The first-order valence-electron chi connectivity index (χ1n) is 3.83. The van der Waals surface area contributed by atoms with Gasteiger partial charge in [-0.2, -0.15) is 0 Å². The highest BCUT2D eigenvalue weighted by Crippen LogP contribution is 2.33. The Labute approximate surface area is 61.2 Å². The Balaban J connectivity index is 2.62. The Bertz CT molecular complexity index is 133. The Morgan fingerprint density at radius 2 is 2.30 bits per heavy atom. The van der Waals surface area contributed by atoms with E-state index >= 15 is 0 Å². The van der Waals surface area contributed by atoms with Crippen LogP contribution in [-0.2, 0) is 4.79 Å². The number of hydrogen-bond donors (Lipinski definition) is 1. The van der Waals surface area contributed by atoms with Crippen molar-refractivity contribution in [2.24, 2.45) is 5.41 Å². The molecule has 1 fully saturated rings. The molecule has 2 nitrogen and oxygen atoms in total. The Morgan fingerprint density at radius 3 is 2.70 bits per heavy atom. The summed E-state index contributed by atoms with van der Waals surface area (Å²) in [5.41, 5.74) is -0.446. The van der Waals surface area contributed by atoms with Gasteiger partial charge in [0.25, 0.3) is 0 Å². The smallest absolute Gasteiger partial charge is 0.128 e. The van der Waals surface area contributed by atoms with Gasteiger partial charge in [0, 0.05) is 5.41 Å². The average Bonchev–Trinajstić information content (AvgIpc) is 1.96. The third-order valence-corrected chi connectivity index (χ3v) is 2.47.